The minimum absolute atomic E-state index is 0.158. The van der Waals surface area contributed by atoms with E-state index in [0.717, 1.165) is 16.0 Å². The number of halogens is 1. The quantitative estimate of drug-likeness (QED) is 0.833. The molecule has 19 heavy (non-hydrogen) atoms. The van der Waals surface area contributed by atoms with Gasteiger partial charge in [-0.1, -0.05) is 15.9 Å². The maximum Gasteiger partial charge on any atom is 0.162 e. The molecule has 0 radical (unpaired) electrons. The number of hydrogen-bond donors (Lipinski definition) is 0. The summed E-state index contributed by atoms with van der Waals surface area (Å²) in [6.45, 7) is 5.41. The highest BCUT2D eigenvalue weighted by atomic mass is 79.9. The molecule has 1 heterocycles. The molecule has 0 saturated heterocycles. The van der Waals surface area contributed by atoms with Crippen molar-refractivity contribution in [1.29, 1.82) is 0 Å². The highest BCUT2D eigenvalue weighted by Gasteiger charge is 2.35. The summed E-state index contributed by atoms with van der Waals surface area (Å²) in [5.74, 6) is 2.30. The second kappa shape index (κ2) is 5.33. The zero-order valence-electron chi connectivity index (χ0n) is 11.3. The van der Waals surface area contributed by atoms with Crippen molar-refractivity contribution in [1.82, 2.24) is 0 Å². The Morgan fingerprint density at radius 2 is 1.79 bits per heavy atom. The van der Waals surface area contributed by atoms with Crippen LogP contribution < -0.4 is 9.47 Å². The van der Waals surface area contributed by atoms with Gasteiger partial charge in [-0.15, -0.1) is 0 Å². The summed E-state index contributed by atoms with van der Waals surface area (Å²) in [6.07, 6.45) is 2.88. The Labute approximate surface area is 122 Å². The number of hydrogen-bond acceptors (Lipinski definition) is 3. The average molecular weight is 327 g/mol. The molecule has 0 N–H and O–H groups in total. The molecule has 1 atom stereocenters. The lowest BCUT2D eigenvalue weighted by atomic mass is 10.0. The molecule has 1 aromatic rings. The van der Waals surface area contributed by atoms with E-state index < -0.39 is 0 Å². The molecule has 2 aliphatic rings. The van der Waals surface area contributed by atoms with Gasteiger partial charge in [-0.3, -0.25) is 0 Å². The monoisotopic (exact) mass is 326 g/mol. The number of rotatable bonds is 4. The fourth-order valence-electron chi connectivity index (χ4n) is 2.43. The van der Waals surface area contributed by atoms with E-state index in [1.54, 1.807) is 0 Å². The van der Waals surface area contributed by atoms with Crippen LogP contribution >= 0.6 is 15.9 Å². The second-order valence-electron chi connectivity index (χ2n) is 5.46. The van der Waals surface area contributed by atoms with Crippen LogP contribution in [0.25, 0.3) is 0 Å². The maximum atomic E-state index is 6.11. The van der Waals surface area contributed by atoms with Crippen LogP contribution in [0.5, 0.6) is 11.5 Å². The van der Waals surface area contributed by atoms with Crippen molar-refractivity contribution in [3.63, 3.8) is 0 Å². The fraction of sp³-hybridized carbons (Fsp3) is 0.600. The molecular formula is C15H19BrO3. The summed E-state index contributed by atoms with van der Waals surface area (Å²) in [6, 6.07) is 4.08. The van der Waals surface area contributed by atoms with Gasteiger partial charge in [0.15, 0.2) is 11.5 Å². The molecule has 1 aromatic carbocycles. The Hall–Kier alpha value is -0.740. The largest absolute Gasteiger partial charge is 0.486 e. The van der Waals surface area contributed by atoms with Gasteiger partial charge in [0, 0.05) is 4.47 Å². The third kappa shape index (κ3) is 2.90. The van der Waals surface area contributed by atoms with Gasteiger partial charge in [0.05, 0.1) is 12.2 Å². The summed E-state index contributed by atoms with van der Waals surface area (Å²) in [5.41, 5.74) is 1.18. The SMILES string of the molecule is CC(C)OC(c1cc2c(cc1Br)OCCO2)C1CC1. The van der Waals surface area contributed by atoms with Gasteiger partial charge < -0.3 is 14.2 Å². The van der Waals surface area contributed by atoms with Gasteiger partial charge in [0.2, 0.25) is 0 Å². The van der Waals surface area contributed by atoms with Gasteiger partial charge in [-0.2, -0.15) is 0 Å². The Morgan fingerprint density at radius 3 is 2.37 bits per heavy atom. The third-order valence-electron chi connectivity index (χ3n) is 3.44. The first kappa shape index (κ1) is 13.3. The van der Waals surface area contributed by atoms with Crippen LogP contribution in [0.1, 0.15) is 38.4 Å². The molecule has 1 aliphatic carbocycles. The average Bonchev–Trinajstić information content (AvgIpc) is 3.19. The Balaban J connectivity index is 1.93. The molecule has 104 valence electrons. The van der Waals surface area contributed by atoms with E-state index in [1.165, 1.54) is 18.4 Å². The van der Waals surface area contributed by atoms with E-state index >= 15 is 0 Å². The molecule has 3 nitrogen and oxygen atoms in total. The summed E-state index contributed by atoms with van der Waals surface area (Å²) in [7, 11) is 0. The molecule has 3 rings (SSSR count). The van der Waals surface area contributed by atoms with Crippen molar-refractivity contribution in [2.45, 2.75) is 38.9 Å². The minimum Gasteiger partial charge on any atom is -0.486 e. The standard InChI is InChI=1S/C15H19BrO3/c1-9(2)19-15(10-3-4-10)11-7-13-14(8-12(11)16)18-6-5-17-13/h7-10,15H,3-6H2,1-2H3. The van der Waals surface area contributed by atoms with Crippen molar-refractivity contribution >= 4 is 15.9 Å². The lowest BCUT2D eigenvalue weighted by Crippen LogP contribution is -2.17. The summed E-state index contributed by atoms with van der Waals surface area (Å²) in [5, 5.41) is 0. The molecular weight excluding hydrogens is 308 g/mol. The van der Waals surface area contributed by atoms with E-state index in [9.17, 15) is 0 Å². The lowest BCUT2D eigenvalue weighted by Gasteiger charge is -2.25. The van der Waals surface area contributed by atoms with Gasteiger partial charge in [0.1, 0.15) is 13.2 Å². The first-order chi connectivity index (χ1) is 9.15. The van der Waals surface area contributed by atoms with Crippen molar-refractivity contribution in [3.05, 3.63) is 22.2 Å². The zero-order chi connectivity index (χ0) is 13.4. The van der Waals surface area contributed by atoms with E-state index in [1.807, 2.05) is 6.07 Å². The molecule has 1 fully saturated rings. The summed E-state index contributed by atoms with van der Waals surface area (Å²) >= 11 is 3.65. The van der Waals surface area contributed by atoms with Gasteiger partial charge in [0.25, 0.3) is 0 Å². The van der Waals surface area contributed by atoms with Crippen molar-refractivity contribution in [2.24, 2.45) is 5.92 Å². The van der Waals surface area contributed by atoms with Crippen molar-refractivity contribution < 1.29 is 14.2 Å². The molecule has 0 aromatic heterocycles. The molecule has 0 spiro atoms. The molecule has 4 heteroatoms. The molecule has 0 bridgehead atoms. The van der Waals surface area contributed by atoms with Gasteiger partial charge >= 0.3 is 0 Å². The first-order valence-electron chi connectivity index (χ1n) is 6.89. The maximum absolute atomic E-state index is 6.11. The Kier molecular flexibility index (Phi) is 3.72. The zero-order valence-corrected chi connectivity index (χ0v) is 12.9. The van der Waals surface area contributed by atoms with E-state index in [2.05, 4.69) is 35.8 Å². The smallest absolute Gasteiger partial charge is 0.162 e. The highest BCUT2D eigenvalue weighted by Crippen LogP contribution is 2.48. The van der Waals surface area contributed by atoms with E-state index in [0.29, 0.717) is 19.1 Å². The summed E-state index contributed by atoms with van der Waals surface area (Å²) in [4.78, 5) is 0. The van der Waals surface area contributed by atoms with Crippen molar-refractivity contribution in [3.8, 4) is 11.5 Å². The third-order valence-corrected chi connectivity index (χ3v) is 4.12. The van der Waals surface area contributed by atoms with Crippen molar-refractivity contribution in [2.75, 3.05) is 13.2 Å². The second-order valence-corrected chi connectivity index (χ2v) is 6.31. The van der Waals surface area contributed by atoms with Crippen LogP contribution in [-0.4, -0.2) is 19.3 Å². The lowest BCUT2D eigenvalue weighted by molar-refractivity contribution is -0.00719. The Bertz CT molecular complexity index is 469. The van der Waals surface area contributed by atoms with Gasteiger partial charge in [-0.25, -0.2) is 0 Å². The topological polar surface area (TPSA) is 27.7 Å². The van der Waals surface area contributed by atoms with Crippen LogP contribution in [0.15, 0.2) is 16.6 Å². The number of ether oxygens (including phenoxy) is 3. The van der Waals surface area contributed by atoms with Crippen LogP contribution in [0, 0.1) is 5.92 Å². The van der Waals surface area contributed by atoms with Crippen LogP contribution in [0.4, 0.5) is 0 Å². The van der Waals surface area contributed by atoms with E-state index in [-0.39, 0.29) is 12.2 Å². The normalized spacial score (nSPS) is 19.6. The first-order valence-corrected chi connectivity index (χ1v) is 7.69. The summed E-state index contributed by atoms with van der Waals surface area (Å²) < 4.78 is 18.4. The molecule has 1 aliphatic heterocycles. The molecule has 0 amide bonds. The predicted molar refractivity (Wildman–Crippen MR) is 76.8 cm³/mol. The van der Waals surface area contributed by atoms with Crippen LogP contribution in [0.2, 0.25) is 0 Å². The highest BCUT2D eigenvalue weighted by molar-refractivity contribution is 9.10. The number of benzene rings is 1. The molecule has 1 unspecified atom stereocenters. The Morgan fingerprint density at radius 1 is 1.16 bits per heavy atom. The fourth-order valence-corrected chi connectivity index (χ4v) is 2.98. The van der Waals surface area contributed by atoms with Crippen LogP contribution in [-0.2, 0) is 4.74 Å². The predicted octanol–water partition coefficient (Wildman–Crippen LogP) is 4.10. The number of fused-ring (bicyclic) bond motifs is 1. The van der Waals surface area contributed by atoms with E-state index in [4.69, 9.17) is 14.2 Å². The molecule has 1 saturated carbocycles. The van der Waals surface area contributed by atoms with Crippen LogP contribution in [0.3, 0.4) is 0 Å². The minimum atomic E-state index is 0.158. The van der Waals surface area contributed by atoms with Gasteiger partial charge in [-0.05, 0) is 50.3 Å².